The molecule has 0 fully saturated rings. The first-order valence-corrected chi connectivity index (χ1v) is 17.3. The van der Waals surface area contributed by atoms with Crippen molar-refractivity contribution in [1.82, 2.24) is 14.5 Å². The zero-order valence-electron chi connectivity index (χ0n) is 27.9. The molecule has 0 radical (unpaired) electrons. The topological polar surface area (TPSA) is 30.7 Å². The molecule has 0 unspecified atom stereocenters. The molecule has 3 heteroatoms. The molecule has 236 valence electrons. The van der Waals surface area contributed by atoms with Gasteiger partial charge in [-0.15, -0.1) is 0 Å². The van der Waals surface area contributed by atoms with Crippen molar-refractivity contribution in [1.29, 1.82) is 0 Å². The van der Waals surface area contributed by atoms with Crippen LogP contribution in [0.2, 0.25) is 0 Å². The van der Waals surface area contributed by atoms with E-state index in [1.165, 1.54) is 49.7 Å². The van der Waals surface area contributed by atoms with Crippen LogP contribution in [0.5, 0.6) is 0 Å². The van der Waals surface area contributed by atoms with E-state index in [0.717, 1.165) is 44.8 Å². The van der Waals surface area contributed by atoms with E-state index >= 15 is 0 Å². The molecule has 50 heavy (non-hydrogen) atoms. The minimum absolute atomic E-state index is 0.0447. The monoisotopic (exact) mass is 639 g/mol. The smallest absolute Gasteiger partial charge is 0.160 e. The van der Waals surface area contributed by atoms with Gasteiger partial charge >= 0.3 is 0 Å². The van der Waals surface area contributed by atoms with E-state index in [2.05, 4.69) is 170 Å². The normalized spacial score (nSPS) is 13.2. The van der Waals surface area contributed by atoms with E-state index in [9.17, 15) is 0 Å². The van der Waals surface area contributed by atoms with Crippen molar-refractivity contribution in [2.24, 2.45) is 0 Å². The summed E-state index contributed by atoms with van der Waals surface area (Å²) in [5.41, 5.74) is 15.3. The summed E-state index contributed by atoms with van der Waals surface area (Å²) in [7, 11) is 0. The van der Waals surface area contributed by atoms with Gasteiger partial charge in [0.2, 0.25) is 0 Å². The van der Waals surface area contributed by atoms with Gasteiger partial charge in [0.1, 0.15) is 0 Å². The third-order valence-electron chi connectivity index (χ3n) is 10.6. The minimum Gasteiger partial charge on any atom is -0.309 e. The predicted octanol–water partition coefficient (Wildman–Crippen LogP) is 12.0. The SMILES string of the molecule is CC1(C)c2ccccc2-c2c(-c3ccc4c(c3)c3ccc(-c5nc(-c6ccccc6)c6ccccc6n5)cc3n4-c3ccccc3)cccc21. The number of para-hydroxylation sites is 2. The van der Waals surface area contributed by atoms with Crippen LogP contribution in [0, 0.1) is 0 Å². The Bertz CT molecular complexity index is 2770. The molecule has 0 saturated carbocycles. The van der Waals surface area contributed by atoms with Gasteiger partial charge in [0, 0.05) is 38.4 Å². The van der Waals surface area contributed by atoms with Gasteiger partial charge in [-0.3, -0.25) is 0 Å². The lowest BCUT2D eigenvalue weighted by molar-refractivity contribution is 0.660. The largest absolute Gasteiger partial charge is 0.309 e. The first-order chi connectivity index (χ1) is 24.6. The van der Waals surface area contributed by atoms with Crippen LogP contribution in [0.1, 0.15) is 25.0 Å². The first kappa shape index (κ1) is 28.7. The summed E-state index contributed by atoms with van der Waals surface area (Å²) in [5, 5.41) is 3.47. The fraction of sp³-hybridized carbons (Fsp3) is 0.0638. The van der Waals surface area contributed by atoms with Crippen molar-refractivity contribution in [2.45, 2.75) is 19.3 Å². The van der Waals surface area contributed by atoms with Gasteiger partial charge in [-0.05, 0) is 69.8 Å². The molecule has 1 aliphatic carbocycles. The lowest BCUT2D eigenvalue weighted by atomic mass is 9.82. The molecule has 0 N–H and O–H groups in total. The van der Waals surface area contributed by atoms with Gasteiger partial charge < -0.3 is 4.57 Å². The Morgan fingerprint density at radius 3 is 2.02 bits per heavy atom. The molecule has 9 aromatic rings. The highest BCUT2D eigenvalue weighted by atomic mass is 15.0. The standard InChI is InChI=1S/C47H33N3/c1-47(2)39-21-11-9-18-36(39)44-34(20-13-22-40(44)47)31-25-27-42-38(28-31)35-26-24-32(29-43(35)50(42)33-16-7-4-8-17-33)46-48-41-23-12-10-19-37(41)45(49-46)30-14-5-3-6-15-30/h3-29H,1-2H3. The number of fused-ring (bicyclic) bond motifs is 7. The minimum atomic E-state index is -0.0447. The van der Waals surface area contributed by atoms with Crippen molar-refractivity contribution in [2.75, 3.05) is 0 Å². The third kappa shape index (κ3) is 4.23. The number of benzene rings is 7. The molecule has 0 atom stereocenters. The van der Waals surface area contributed by atoms with Gasteiger partial charge in [-0.2, -0.15) is 0 Å². The van der Waals surface area contributed by atoms with Crippen LogP contribution < -0.4 is 0 Å². The van der Waals surface area contributed by atoms with E-state index in [4.69, 9.17) is 9.97 Å². The second-order valence-corrected chi connectivity index (χ2v) is 13.8. The van der Waals surface area contributed by atoms with Crippen molar-refractivity contribution in [3.63, 3.8) is 0 Å². The molecule has 2 aromatic heterocycles. The Morgan fingerprint density at radius 2 is 1.16 bits per heavy atom. The molecular formula is C47H33N3. The second-order valence-electron chi connectivity index (χ2n) is 13.8. The molecule has 0 aliphatic heterocycles. The molecule has 3 nitrogen and oxygen atoms in total. The fourth-order valence-corrected chi connectivity index (χ4v) is 8.20. The average molecular weight is 640 g/mol. The van der Waals surface area contributed by atoms with Crippen LogP contribution in [0.4, 0.5) is 0 Å². The van der Waals surface area contributed by atoms with Crippen molar-refractivity contribution in [3.05, 3.63) is 175 Å². The highest BCUT2D eigenvalue weighted by Crippen LogP contribution is 2.52. The Kier molecular flexibility index (Phi) is 6.22. The number of hydrogen-bond donors (Lipinski definition) is 0. The van der Waals surface area contributed by atoms with Crippen LogP contribution in [-0.4, -0.2) is 14.5 Å². The Hall–Kier alpha value is -6.32. The van der Waals surface area contributed by atoms with Gasteiger partial charge in [0.25, 0.3) is 0 Å². The maximum Gasteiger partial charge on any atom is 0.160 e. The van der Waals surface area contributed by atoms with Crippen molar-refractivity contribution < 1.29 is 0 Å². The van der Waals surface area contributed by atoms with E-state index in [0.29, 0.717) is 0 Å². The van der Waals surface area contributed by atoms with Gasteiger partial charge in [-0.25, -0.2) is 9.97 Å². The zero-order chi connectivity index (χ0) is 33.4. The molecular weight excluding hydrogens is 607 g/mol. The second kappa shape index (κ2) is 10.8. The summed E-state index contributed by atoms with van der Waals surface area (Å²) in [5.74, 6) is 0.719. The van der Waals surface area contributed by atoms with Crippen LogP contribution in [0.3, 0.4) is 0 Å². The lowest BCUT2D eigenvalue weighted by Gasteiger charge is -2.21. The van der Waals surface area contributed by atoms with Crippen molar-refractivity contribution >= 4 is 32.7 Å². The molecule has 0 saturated heterocycles. The maximum absolute atomic E-state index is 5.20. The Morgan fingerprint density at radius 1 is 0.460 bits per heavy atom. The van der Waals surface area contributed by atoms with Gasteiger partial charge in [0.15, 0.2) is 5.82 Å². The van der Waals surface area contributed by atoms with Crippen molar-refractivity contribution in [3.8, 4) is 50.6 Å². The van der Waals surface area contributed by atoms with Gasteiger partial charge in [-0.1, -0.05) is 141 Å². The Labute approximate surface area is 291 Å². The summed E-state index contributed by atoms with van der Waals surface area (Å²) >= 11 is 0. The summed E-state index contributed by atoms with van der Waals surface area (Å²) in [6, 6.07) is 58.7. The molecule has 7 aromatic carbocycles. The zero-order valence-corrected chi connectivity index (χ0v) is 27.9. The number of hydrogen-bond acceptors (Lipinski definition) is 2. The number of aromatic nitrogens is 3. The molecule has 2 heterocycles. The van der Waals surface area contributed by atoms with E-state index in [1.54, 1.807) is 0 Å². The molecule has 10 rings (SSSR count). The van der Waals surface area contributed by atoms with Crippen LogP contribution in [0.25, 0.3) is 83.3 Å². The third-order valence-corrected chi connectivity index (χ3v) is 10.6. The van der Waals surface area contributed by atoms with E-state index in [-0.39, 0.29) is 5.41 Å². The molecule has 0 bridgehead atoms. The first-order valence-electron chi connectivity index (χ1n) is 17.3. The number of nitrogens with zero attached hydrogens (tertiary/aromatic N) is 3. The lowest BCUT2D eigenvalue weighted by Crippen LogP contribution is -2.14. The summed E-state index contributed by atoms with van der Waals surface area (Å²) in [4.78, 5) is 10.3. The maximum atomic E-state index is 5.20. The average Bonchev–Trinajstić information content (AvgIpc) is 3.62. The molecule has 0 spiro atoms. The number of rotatable bonds is 4. The predicted molar refractivity (Wildman–Crippen MR) is 208 cm³/mol. The van der Waals surface area contributed by atoms with Crippen LogP contribution in [-0.2, 0) is 5.41 Å². The Balaban J connectivity index is 1.20. The quantitative estimate of drug-likeness (QED) is 0.192. The summed E-state index contributed by atoms with van der Waals surface area (Å²) in [6.07, 6.45) is 0. The van der Waals surface area contributed by atoms with E-state index in [1.807, 2.05) is 12.1 Å². The van der Waals surface area contributed by atoms with Crippen LogP contribution in [0.15, 0.2) is 164 Å². The summed E-state index contributed by atoms with van der Waals surface area (Å²) < 4.78 is 2.38. The van der Waals surface area contributed by atoms with Crippen LogP contribution >= 0.6 is 0 Å². The fourth-order valence-electron chi connectivity index (χ4n) is 8.20. The summed E-state index contributed by atoms with van der Waals surface area (Å²) in [6.45, 7) is 4.69. The van der Waals surface area contributed by atoms with E-state index < -0.39 is 0 Å². The molecule has 1 aliphatic rings. The highest BCUT2D eigenvalue weighted by Gasteiger charge is 2.36. The highest BCUT2D eigenvalue weighted by molar-refractivity contribution is 6.12. The van der Waals surface area contributed by atoms with Gasteiger partial charge in [0.05, 0.1) is 22.2 Å². The molecule has 0 amide bonds.